The molecule has 1 atom stereocenters. The van der Waals surface area contributed by atoms with Crippen LogP contribution in [0.1, 0.15) is 25.3 Å². The van der Waals surface area contributed by atoms with Crippen LogP contribution in [0.5, 0.6) is 0 Å². The Morgan fingerprint density at radius 2 is 1.82 bits per heavy atom. The van der Waals surface area contributed by atoms with Gasteiger partial charge in [0.2, 0.25) is 0 Å². The summed E-state index contributed by atoms with van der Waals surface area (Å²) < 4.78 is 0. The maximum Gasteiger partial charge on any atom is 0.303 e. The van der Waals surface area contributed by atoms with E-state index < -0.39 is 11.6 Å². The van der Waals surface area contributed by atoms with Crippen molar-refractivity contribution in [2.45, 2.75) is 25.4 Å². The van der Waals surface area contributed by atoms with E-state index in [4.69, 9.17) is 5.11 Å². The van der Waals surface area contributed by atoms with Gasteiger partial charge in [-0.2, -0.15) is 0 Å². The van der Waals surface area contributed by atoms with Crippen LogP contribution >= 0.6 is 0 Å². The highest BCUT2D eigenvalue weighted by molar-refractivity contribution is 5.66. The van der Waals surface area contributed by atoms with Gasteiger partial charge in [-0.15, -0.1) is 0 Å². The van der Waals surface area contributed by atoms with Gasteiger partial charge in [-0.05, 0) is 31.0 Å². The first-order valence-electron chi connectivity index (χ1n) is 5.55. The fraction of sp³-hybridized carbons (Fsp3) is 0.462. The summed E-state index contributed by atoms with van der Waals surface area (Å²) in [4.78, 5) is 12.5. The number of aliphatic hydroxyl groups is 1. The molecule has 0 aromatic heterocycles. The van der Waals surface area contributed by atoms with Crippen LogP contribution in [0.3, 0.4) is 0 Å². The number of nitrogens with zero attached hydrogens (tertiary/aromatic N) is 1. The van der Waals surface area contributed by atoms with Gasteiger partial charge in [-0.1, -0.05) is 12.1 Å². The molecule has 0 aliphatic heterocycles. The summed E-state index contributed by atoms with van der Waals surface area (Å²) in [6, 6.07) is 7.48. The SMILES string of the molecule is CN(C)c1ccc(C(C)(O)CCC(=O)O)cc1. The van der Waals surface area contributed by atoms with Crippen molar-refractivity contribution < 1.29 is 15.0 Å². The van der Waals surface area contributed by atoms with E-state index in [0.717, 1.165) is 11.3 Å². The monoisotopic (exact) mass is 237 g/mol. The molecule has 0 heterocycles. The van der Waals surface area contributed by atoms with Crippen LogP contribution in [0.15, 0.2) is 24.3 Å². The highest BCUT2D eigenvalue weighted by Crippen LogP contribution is 2.27. The van der Waals surface area contributed by atoms with E-state index in [0.29, 0.717) is 0 Å². The van der Waals surface area contributed by atoms with Crippen molar-refractivity contribution in [1.82, 2.24) is 0 Å². The number of rotatable bonds is 5. The van der Waals surface area contributed by atoms with Gasteiger partial charge in [0.05, 0.1) is 5.60 Å². The number of hydrogen-bond donors (Lipinski definition) is 2. The number of carboxylic acid groups (broad SMARTS) is 1. The molecule has 0 fully saturated rings. The normalized spacial score (nSPS) is 14.1. The number of carbonyl (C=O) groups is 1. The summed E-state index contributed by atoms with van der Waals surface area (Å²) in [6.45, 7) is 1.64. The summed E-state index contributed by atoms with van der Waals surface area (Å²) in [5.41, 5.74) is 0.690. The number of aliphatic carboxylic acids is 1. The van der Waals surface area contributed by atoms with E-state index in [1.165, 1.54) is 0 Å². The molecule has 1 rings (SSSR count). The summed E-state index contributed by atoms with van der Waals surface area (Å²) in [6.07, 6.45) is 0.173. The predicted molar refractivity (Wildman–Crippen MR) is 67.2 cm³/mol. The minimum absolute atomic E-state index is 0.0393. The molecule has 94 valence electrons. The van der Waals surface area contributed by atoms with Crippen LogP contribution in [0, 0.1) is 0 Å². The first kappa shape index (κ1) is 13.5. The highest BCUT2D eigenvalue weighted by atomic mass is 16.4. The molecule has 0 saturated carbocycles. The summed E-state index contributed by atoms with van der Waals surface area (Å²) in [7, 11) is 3.88. The first-order valence-corrected chi connectivity index (χ1v) is 5.55. The molecule has 0 aliphatic rings. The maximum atomic E-state index is 10.5. The van der Waals surface area contributed by atoms with E-state index in [2.05, 4.69) is 0 Å². The molecule has 1 aromatic carbocycles. The maximum absolute atomic E-state index is 10.5. The Balaban J connectivity index is 2.80. The second-order valence-corrected chi connectivity index (χ2v) is 4.61. The highest BCUT2D eigenvalue weighted by Gasteiger charge is 2.23. The third kappa shape index (κ3) is 3.75. The van der Waals surface area contributed by atoms with Crippen molar-refractivity contribution in [2.75, 3.05) is 19.0 Å². The lowest BCUT2D eigenvalue weighted by Crippen LogP contribution is -2.22. The van der Waals surface area contributed by atoms with Crippen molar-refractivity contribution >= 4 is 11.7 Å². The molecule has 0 bridgehead atoms. The molecule has 0 radical (unpaired) electrons. The predicted octanol–water partition coefficient (Wildman–Crippen LogP) is 1.82. The number of benzene rings is 1. The average Bonchev–Trinajstić information content (AvgIpc) is 2.27. The lowest BCUT2D eigenvalue weighted by Gasteiger charge is -2.24. The minimum atomic E-state index is -1.09. The molecule has 0 aliphatic carbocycles. The van der Waals surface area contributed by atoms with Gasteiger partial charge in [0.15, 0.2) is 0 Å². The zero-order valence-corrected chi connectivity index (χ0v) is 10.5. The van der Waals surface area contributed by atoms with Crippen LogP contribution in [0.2, 0.25) is 0 Å². The Labute approximate surface area is 101 Å². The molecular formula is C13H19NO3. The van der Waals surface area contributed by atoms with E-state index in [9.17, 15) is 9.90 Å². The molecule has 0 spiro atoms. The molecule has 4 heteroatoms. The van der Waals surface area contributed by atoms with Crippen molar-refractivity contribution in [1.29, 1.82) is 0 Å². The van der Waals surface area contributed by atoms with Gasteiger partial charge in [-0.3, -0.25) is 4.79 Å². The van der Waals surface area contributed by atoms with Crippen LogP contribution in [0.4, 0.5) is 5.69 Å². The fourth-order valence-corrected chi connectivity index (χ4v) is 1.61. The smallest absolute Gasteiger partial charge is 0.303 e. The van der Waals surface area contributed by atoms with Crippen LogP contribution in [-0.2, 0) is 10.4 Å². The Morgan fingerprint density at radius 1 is 1.29 bits per heavy atom. The molecule has 4 nitrogen and oxygen atoms in total. The number of hydrogen-bond acceptors (Lipinski definition) is 3. The summed E-state index contributed by atoms with van der Waals surface area (Å²) in [5, 5.41) is 18.8. The topological polar surface area (TPSA) is 60.8 Å². The molecule has 0 amide bonds. The Morgan fingerprint density at radius 3 is 2.24 bits per heavy atom. The van der Waals surface area contributed by atoms with Crippen LogP contribution in [0.25, 0.3) is 0 Å². The van der Waals surface area contributed by atoms with E-state index in [1.807, 2.05) is 43.3 Å². The van der Waals surface area contributed by atoms with Crippen molar-refractivity contribution in [3.63, 3.8) is 0 Å². The average molecular weight is 237 g/mol. The van der Waals surface area contributed by atoms with Crippen LogP contribution in [-0.4, -0.2) is 30.3 Å². The second-order valence-electron chi connectivity index (χ2n) is 4.61. The largest absolute Gasteiger partial charge is 0.481 e. The lowest BCUT2D eigenvalue weighted by atomic mass is 9.91. The molecule has 2 N–H and O–H groups in total. The standard InChI is InChI=1S/C13H19NO3/c1-13(17,9-8-12(15)16)10-4-6-11(7-5-10)14(2)3/h4-7,17H,8-9H2,1-3H3,(H,15,16). The van der Waals surface area contributed by atoms with Gasteiger partial charge >= 0.3 is 5.97 Å². The Bertz CT molecular complexity index is 382. The third-order valence-electron chi connectivity index (χ3n) is 2.83. The van der Waals surface area contributed by atoms with E-state index >= 15 is 0 Å². The van der Waals surface area contributed by atoms with Crippen molar-refractivity contribution in [3.05, 3.63) is 29.8 Å². The summed E-state index contributed by atoms with van der Waals surface area (Å²) >= 11 is 0. The van der Waals surface area contributed by atoms with Crippen molar-refractivity contribution in [3.8, 4) is 0 Å². The van der Waals surface area contributed by atoms with Gasteiger partial charge in [0.25, 0.3) is 0 Å². The number of anilines is 1. The second kappa shape index (κ2) is 5.19. The van der Waals surface area contributed by atoms with Gasteiger partial charge in [0.1, 0.15) is 0 Å². The quantitative estimate of drug-likeness (QED) is 0.820. The Kier molecular flexibility index (Phi) is 4.12. The molecule has 0 saturated heterocycles. The van der Waals surface area contributed by atoms with E-state index in [1.54, 1.807) is 6.92 Å². The lowest BCUT2D eigenvalue weighted by molar-refractivity contribution is -0.138. The van der Waals surface area contributed by atoms with Gasteiger partial charge in [0, 0.05) is 26.2 Å². The first-order chi connectivity index (χ1) is 7.83. The van der Waals surface area contributed by atoms with Crippen LogP contribution < -0.4 is 4.90 Å². The van der Waals surface area contributed by atoms with Gasteiger partial charge in [-0.25, -0.2) is 0 Å². The third-order valence-corrected chi connectivity index (χ3v) is 2.83. The van der Waals surface area contributed by atoms with E-state index in [-0.39, 0.29) is 12.8 Å². The summed E-state index contributed by atoms with van der Waals surface area (Å²) in [5.74, 6) is -0.893. The molecule has 17 heavy (non-hydrogen) atoms. The van der Waals surface area contributed by atoms with Crippen molar-refractivity contribution in [2.24, 2.45) is 0 Å². The Hall–Kier alpha value is -1.55. The number of carboxylic acids is 1. The zero-order valence-electron chi connectivity index (χ0n) is 10.5. The molecule has 1 aromatic rings. The van der Waals surface area contributed by atoms with Gasteiger partial charge < -0.3 is 15.1 Å². The minimum Gasteiger partial charge on any atom is -0.481 e. The zero-order chi connectivity index (χ0) is 13.1. The molecular weight excluding hydrogens is 218 g/mol. The molecule has 1 unspecified atom stereocenters. The fourth-order valence-electron chi connectivity index (χ4n) is 1.61.